The summed E-state index contributed by atoms with van der Waals surface area (Å²) < 4.78 is 27.0. The normalized spacial score (nSPS) is 14.4. The van der Waals surface area contributed by atoms with Crippen LogP contribution < -0.4 is 5.32 Å². The van der Waals surface area contributed by atoms with Crippen LogP contribution in [0.15, 0.2) is 59.5 Å². The number of hydrogen-bond acceptors (Lipinski definition) is 6. The van der Waals surface area contributed by atoms with E-state index in [1.54, 1.807) is 7.05 Å². The molecule has 1 aliphatic heterocycles. The minimum atomic E-state index is -3.66. The minimum absolute atomic E-state index is 0.148. The van der Waals surface area contributed by atoms with Crippen LogP contribution in [0.25, 0.3) is 0 Å². The van der Waals surface area contributed by atoms with Gasteiger partial charge >= 0.3 is 0 Å². The molecule has 0 radical (unpaired) electrons. The Morgan fingerprint density at radius 1 is 1.16 bits per heavy atom. The van der Waals surface area contributed by atoms with Gasteiger partial charge in [-0.05, 0) is 36.9 Å². The quantitative estimate of drug-likeness (QED) is 0.616. The lowest BCUT2D eigenvalue weighted by molar-refractivity contribution is 0.102. The zero-order chi connectivity index (χ0) is 22.0. The highest BCUT2D eigenvalue weighted by Crippen LogP contribution is 2.28. The fraction of sp³-hybridized carbons (Fsp3) is 0.273. The van der Waals surface area contributed by atoms with E-state index < -0.39 is 10.0 Å². The second-order valence-electron chi connectivity index (χ2n) is 7.60. The summed E-state index contributed by atoms with van der Waals surface area (Å²) in [4.78, 5) is 20.7. The fourth-order valence-electron chi connectivity index (χ4n) is 3.43. The lowest BCUT2D eigenvalue weighted by Gasteiger charge is -2.20. The largest absolute Gasteiger partial charge is 0.301 e. The summed E-state index contributed by atoms with van der Waals surface area (Å²) in [6.07, 6.45) is 0.876. The smallest absolute Gasteiger partial charge is 0.257 e. The average molecular weight is 457 g/mol. The molecule has 0 saturated heterocycles. The Balaban J connectivity index is 1.44. The van der Waals surface area contributed by atoms with Crippen LogP contribution >= 0.6 is 11.3 Å². The van der Waals surface area contributed by atoms with E-state index in [0.29, 0.717) is 10.7 Å². The molecule has 9 heteroatoms. The maximum Gasteiger partial charge on any atom is 0.257 e. The molecule has 1 aliphatic rings. The maximum atomic E-state index is 12.9. The van der Waals surface area contributed by atoms with Crippen LogP contribution in [0.1, 0.15) is 26.5 Å². The van der Waals surface area contributed by atoms with Gasteiger partial charge in [-0.25, -0.2) is 13.4 Å². The SMILES string of the molecule is CN1CCc2nc(NC(=O)c3ccc(S(=O)(=O)N(C)Cc4ccccc4)cc3)sc2C1. The van der Waals surface area contributed by atoms with Gasteiger partial charge in [0, 0.05) is 43.5 Å². The van der Waals surface area contributed by atoms with Gasteiger partial charge in [-0.15, -0.1) is 11.3 Å². The molecule has 0 spiro atoms. The Labute approximate surface area is 186 Å². The van der Waals surface area contributed by atoms with Crippen LogP contribution in [-0.2, 0) is 29.5 Å². The molecule has 162 valence electrons. The summed E-state index contributed by atoms with van der Waals surface area (Å²) in [5, 5.41) is 3.41. The number of anilines is 1. The fourth-order valence-corrected chi connectivity index (χ4v) is 5.67. The summed E-state index contributed by atoms with van der Waals surface area (Å²) >= 11 is 1.49. The third-order valence-corrected chi connectivity index (χ3v) is 8.03. The van der Waals surface area contributed by atoms with E-state index in [9.17, 15) is 13.2 Å². The predicted molar refractivity (Wildman–Crippen MR) is 122 cm³/mol. The number of carbonyl (C=O) groups is 1. The zero-order valence-corrected chi connectivity index (χ0v) is 19.0. The number of aromatic nitrogens is 1. The monoisotopic (exact) mass is 456 g/mol. The summed E-state index contributed by atoms with van der Waals surface area (Å²) in [5.41, 5.74) is 2.33. The number of thiazole rings is 1. The second-order valence-corrected chi connectivity index (χ2v) is 10.7. The Hall–Kier alpha value is -2.59. The topological polar surface area (TPSA) is 82.6 Å². The van der Waals surface area contributed by atoms with Crippen LogP contribution in [0.4, 0.5) is 5.13 Å². The van der Waals surface area contributed by atoms with E-state index >= 15 is 0 Å². The van der Waals surface area contributed by atoms with Gasteiger partial charge in [0.25, 0.3) is 5.91 Å². The van der Waals surface area contributed by atoms with E-state index in [0.717, 1.165) is 30.8 Å². The van der Waals surface area contributed by atoms with Gasteiger partial charge < -0.3 is 4.90 Å². The second kappa shape index (κ2) is 8.88. The average Bonchev–Trinajstić information content (AvgIpc) is 3.15. The van der Waals surface area contributed by atoms with Crippen molar-refractivity contribution >= 4 is 32.4 Å². The molecule has 1 aromatic heterocycles. The first-order valence-corrected chi connectivity index (χ1v) is 12.2. The molecule has 0 fully saturated rings. The van der Waals surface area contributed by atoms with E-state index in [4.69, 9.17) is 0 Å². The van der Waals surface area contributed by atoms with Crippen LogP contribution in [0.2, 0.25) is 0 Å². The zero-order valence-electron chi connectivity index (χ0n) is 17.4. The molecule has 0 unspecified atom stereocenters. The summed E-state index contributed by atoms with van der Waals surface area (Å²) in [7, 11) is -0.0496. The summed E-state index contributed by atoms with van der Waals surface area (Å²) in [5.74, 6) is -0.305. The number of nitrogens with zero attached hydrogens (tertiary/aromatic N) is 3. The number of hydrogen-bond donors (Lipinski definition) is 1. The van der Waals surface area contributed by atoms with Crippen molar-refractivity contribution < 1.29 is 13.2 Å². The Morgan fingerprint density at radius 3 is 2.58 bits per heavy atom. The molecular formula is C22H24N4O3S2. The molecule has 4 rings (SSSR count). The number of sulfonamides is 1. The van der Waals surface area contributed by atoms with Gasteiger partial charge in [-0.2, -0.15) is 4.31 Å². The standard InChI is InChI=1S/C22H24N4O3S2/c1-25-13-12-19-20(15-25)30-22(23-19)24-21(27)17-8-10-18(11-9-17)31(28,29)26(2)14-16-6-4-3-5-7-16/h3-11H,12-15H2,1-2H3,(H,23,24,27). The minimum Gasteiger partial charge on any atom is -0.301 e. The van der Waals surface area contributed by atoms with E-state index in [1.807, 2.05) is 30.3 Å². The number of rotatable bonds is 6. The molecule has 0 aliphatic carbocycles. The molecule has 2 heterocycles. The van der Waals surface area contributed by atoms with Crippen LogP contribution in [0, 0.1) is 0 Å². The highest BCUT2D eigenvalue weighted by atomic mass is 32.2. The molecule has 0 saturated carbocycles. The molecular weight excluding hydrogens is 432 g/mol. The third-order valence-electron chi connectivity index (χ3n) is 5.22. The van der Waals surface area contributed by atoms with Crippen molar-refractivity contribution in [3.05, 3.63) is 76.3 Å². The Bertz CT molecular complexity index is 1180. The van der Waals surface area contributed by atoms with Crippen molar-refractivity contribution in [2.75, 3.05) is 26.0 Å². The molecule has 3 aromatic rings. The van der Waals surface area contributed by atoms with Crippen molar-refractivity contribution in [1.82, 2.24) is 14.2 Å². The van der Waals surface area contributed by atoms with Gasteiger partial charge in [-0.1, -0.05) is 30.3 Å². The van der Waals surface area contributed by atoms with Gasteiger partial charge in [0.2, 0.25) is 10.0 Å². The number of benzene rings is 2. The van der Waals surface area contributed by atoms with Crippen molar-refractivity contribution in [2.24, 2.45) is 0 Å². The molecule has 1 N–H and O–H groups in total. The van der Waals surface area contributed by atoms with Crippen molar-refractivity contribution in [1.29, 1.82) is 0 Å². The highest BCUT2D eigenvalue weighted by molar-refractivity contribution is 7.89. The number of likely N-dealkylation sites (N-methyl/N-ethyl adjacent to an activating group) is 1. The lowest BCUT2D eigenvalue weighted by atomic mass is 10.2. The van der Waals surface area contributed by atoms with Crippen molar-refractivity contribution in [3.8, 4) is 0 Å². The number of nitrogens with one attached hydrogen (secondary N) is 1. The predicted octanol–water partition coefficient (Wildman–Crippen LogP) is 3.20. The van der Waals surface area contributed by atoms with Crippen molar-refractivity contribution in [2.45, 2.75) is 24.4 Å². The number of carbonyl (C=O) groups excluding carboxylic acids is 1. The van der Waals surface area contributed by atoms with Crippen molar-refractivity contribution in [3.63, 3.8) is 0 Å². The summed E-state index contributed by atoms with van der Waals surface area (Å²) in [6, 6.07) is 15.4. The molecule has 2 aromatic carbocycles. The van der Waals surface area contributed by atoms with Crippen LogP contribution in [0.5, 0.6) is 0 Å². The van der Waals surface area contributed by atoms with Gasteiger partial charge in [0.1, 0.15) is 0 Å². The van der Waals surface area contributed by atoms with Crippen LogP contribution in [0.3, 0.4) is 0 Å². The highest BCUT2D eigenvalue weighted by Gasteiger charge is 2.22. The van der Waals surface area contributed by atoms with E-state index in [-0.39, 0.29) is 17.3 Å². The first kappa shape index (κ1) is 21.6. The third kappa shape index (κ3) is 4.85. The summed E-state index contributed by atoms with van der Waals surface area (Å²) in [6.45, 7) is 2.07. The molecule has 0 atom stereocenters. The molecule has 31 heavy (non-hydrogen) atoms. The van der Waals surface area contributed by atoms with Gasteiger partial charge in [0.15, 0.2) is 5.13 Å². The lowest BCUT2D eigenvalue weighted by Crippen LogP contribution is -2.26. The number of fused-ring (bicyclic) bond motifs is 1. The van der Waals surface area contributed by atoms with Crippen LogP contribution in [-0.4, -0.2) is 49.2 Å². The Kier molecular flexibility index (Phi) is 6.19. The first-order valence-electron chi connectivity index (χ1n) is 9.92. The maximum absolute atomic E-state index is 12.9. The first-order chi connectivity index (χ1) is 14.8. The van der Waals surface area contributed by atoms with E-state index in [1.165, 1.54) is 44.8 Å². The number of amides is 1. The molecule has 0 bridgehead atoms. The van der Waals surface area contributed by atoms with Gasteiger partial charge in [-0.3, -0.25) is 10.1 Å². The molecule has 1 amide bonds. The Morgan fingerprint density at radius 2 is 1.87 bits per heavy atom. The molecule has 7 nitrogen and oxygen atoms in total. The van der Waals surface area contributed by atoms with E-state index in [2.05, 4.69) is 22.2 Å². The van der Waals surface area contributed by atoms with Gasteiger partial charge in [0.05, 0.1) is 10.6 Å².